The van der Waals surface area contributed by atoms with Gasteiger partial charge in [0.25, 0.3) is 0 Å². The third kappa shape index (κ3) is 4.10. The first-order chi connectivity index (χ1) is 7.67. The van der Waals surface area contributed by atoms with Crippen LogP contribution in [0.5, 0.6) is 0 Å². The first-order valence-corrected chi connectivity index (χ1v) is 6.54. The van der Waals surface area contributed by atoms with Crippen molar-refractivity contribution in [3.63, 3.8) is 0 Å². The van der Waals surface area contributed by atoms with Gasteiger partial charge >= 0.3 is 0 Å². The number of hydrogen-bond acceptors (Lipinski definition) is 2. The summed E-state index contributed by atoms with van der Waals surface area (Å²) in [6.45, 7) is 9.73. The molecule has 90 valence electrons. The van der Waals surface area contributed by atoms with E-state index in [1.165, 1.54) is 0 Å². The van der Waals surface area contributed by atoms with Crippen LogP contribution in [0.1, 0.15) is 38.4 Å². The molecule has 0 saturated carbocycles. The molecule has 0 unspecified atom stereocenters. The Morgan fingerprint density at radius 2 is 2.25 bits per heavy atom. The lowest BCUT2D eigenvalue weighted by Gasteiger charge is -2.12. The fourth-order valence-corrected chi connectivity index (χ4v) is 1.86. The maximum absolute atomic E-state index is 4.56. The maximum Gasteiger partial charge on any atom is 0.0762 e. The van der Waals surface area contributed by atoms with E-state index in [-0.39, 0.29) is 0 Å². The van der Waals surface area contributed by atoms with Crippen LogP contribution in [0.3, 0.4) is 0 Å². The SMILES string of the molecule is C=C(Br)CNCc1ccn(C(CC)CC)n1. The van der Waals surface area contributed by atoms with Crippen molar-refractivity contribution >= 4 is 15.9 Å². The fraction of sp³-hybridized carbons (Fsp3) is 0.583. The molecule has 0 radical (unpaired) electrons. The van der Waals surface area contributed by atoms with Crippen molar-refractivity contribution in [2.75, 3.05) is 6.54 Å². The van der Waals surface area contributed by atoms with Gasteiger partial charge in [0.2, 0.25) is 0 Å². The predicted octanol–water partition coefficient (Wildman–Crippen LogP) is 3.24. The molecule has 0 aliphatic carbocycles. The third-order valence-corrected chi connectivity index (χ3v) is 2.88. The molecule has 4 heteroatoms. The lowest BCUT2D eigenvalue weighted by atomic mass is 10.2. The van der Waals surface area contributed by atoms with Gasteiger partial charge in [0.1, 0.15) is 0 Å². The average Bonchev–Trinajstić information content (AvgIpc) is 2.68. The van der Waals surface area contributed by atoms with Crippen LogP contribution in [0.25, 0.3) is 0 Å². The predicted molar refractivity (Wildman–Crippen MR) is 71.6 cm³/mol. The van der Waals surface area contributed by atoms with Gasteiger partial charge in [-0.2, -0.15) is 5.10 Å². The lowest BCUT2D eigenvalue weighted by molar-refractivity contribution is 0.424. The molecule has 1 rings (SSSR count). The van der Waals surface area contributed by atoms with Gasteiger partial charge in [-0.25, -0.2) is 0 Å². The minimum Gasteiger partial charge on any atom is -0.306 e. The zero-order chi connectivity index (χ0) is 12.0. The summed E-state index contributed by atoms with van der Waals surface area (Å²) in [5.74, 6) is 0. The van der Waals surface area contributed by atoms with Gasteiger partial charge in [-0.3, -0.25) is 4.68 Å². The van der Waals surface area contributed by atoms with Crippen LogP contribution in [0, 0.1) is 0 Å². The molecule has 1 aromatic heterocycles. The molecular formula is C12H20BrN3. The van der Waals surface area contributed by atoms with Crippen LogP contribution in [0.2, 0.25) is 0 Å². The van der Waals surface area contributed by atoms with E-state index in [0.717, 1.165) is 36.1 Å². The molecule has 0 aliphatic rings. The van der Waals surface area contributed by atoms with E-state index in [1.54, 1.807) is 0 Å². The van der Waals surface area contributed by atoms with E-state index >= 15 is 0 Å². The van der Waals surface area contributed by atoms with Crippen LogP contribution in [0.4, 0.5) is 0 Å². The Balaban J connectivity index is 2.47. The number of rotatable bonds is 7. The van der Waals surface area contributed by atoms with Crippen LogP contribution in [-0.2, 0) is 6.54 Å². The highest BCUT2D eigenvalue weighted by atomic mass is 79.9. The molecule has 0 spiro atoms. The number of halogens is 1. The molecule has 16 heavy (non-hydrogen) atoms. The summed E-state index contributed by atoms with van der Waals surface area (Å²) in [5, 5.41) is 7.83. The van der Waals surface area contributed by atoms with Crippen molar-refractivity contribution in [3.8, 4) is 0 Å². The standard InChI is InChI=1S/C12H20BrN3/c1-4-12(5-2)16-7-6-11(15-16)9-14-8-10(3)13/h6-7,12,14H,3-5,8-9H2,1-2H3. The summed E-state index contributed by atoms with van der Waals surface area (Å²) in [4.78, 5) is 0. The van der Waals surface area contributed by atoms with E-state index in [4.69, 9.17) is 0 Å². The van der Waals surface area contributed by atoms with Crippen LogP contribution in [-0.4, -0.2) is 16.3 Å². The Morgan fingerprint density at radius 1 is 1.56 bits per heavy atom. The zero-order valence-corrected chi connectivity index (χ0v) is 11.6. The van der Waals surface area contributed by atoms with Gasteiger partial charge in [0.15, 0.2) is 0 Å². The highest BCUT2D eigenvalue weighted by Gasteiger charge is 2.07. The number of hydrogen-bond donors (Lipinski definition) is 1. The smallest absolute Gasteiger partial charge is 0.0762 e. The molecule has 0 bridgehead atoms. The monoisotopic (exact) mass is 285 g/mol. The maximum atomic E-state index is 4.56. The second-order valence-corrected chi connectivity index (χ2v) is 5.00. The summed E-state index contributed by atoms with van der Waals surface area (Å²) >= 11 is 3.32. The summed E-state index contributed by atoms with van der Waals surface area (Å²) in [7, 11) is 0. The highest BCUT2D eigenvalue weighted by Crippen LogP contribution is 2.14. The van der Waals surface area contributed by atoms with Crippen LogP contribution in [0.15, 0.2) is 23.3 Å². The van der Waals surface area contributed by atoms with Crippen molar-refractivity contribution < 1.29 is 0 Å². The van der Waals surface area contributed by atoms with E-state index in [1.807, 2.05) is 0 Å². The molecule has 0 saturated heterocycles. The molecule has 1 aromatic rings. The second kappa shape index (κ2) is 6.86. The van der Waals surface area contributed by atoms with Crippen molar-refractivity contribution in [2.45, 2.75) is 39.3 Å². The Labute approximate surface area is 106 Å². The van der Waals surface area contributed by atoms with E-state index in [2.05, 4.69) is 63.7 Å². The largest absolute Gasteiger partial charge is 0.306 e. The first kappa shape index (κ1) is 13.5. The van der Waals surface area contributed by atoms with Gasteiger partial charge in [0, 0.05) is 23.8 Å². The minimum atomic E-state index is 0.528. The molecule has 0 amide bonds. The lowest BCUT2D eigenvalue weighted by Crippen LogP contribution is -2.15. The summed E-state index contributed by atoms with van der Waals surface area (Å²) in [5.41, 5.74) is 1.08. The minimum absolute atomic E-state index is 0.528. The van der Waals surface area contributed by atoms with Crippen molar-refractivity contribution in [2.24, 2.45) is 0 Å². The van der Waals surface area contributed by atoms with Gasteiger partial charge in [-0.05, 0) is 18.9 Å². The average molecular weight is 286 g/mol. The quantitative estimate of drug-likeness (QED) is 0.834. The Bertz CT molecular complexity index is 329. The summed E-state index contributed by atoms with van der Waals surface area (Å²) in [6.07, 6.45) is 4.32. The molecule has 1 heterocycles. The summed E-state index contributed by atoms with van der Waals surface area (Å²) in [6, 6.07) is 2.60. The molecule has 0 fully saturated rings. The number of nitrogens with one attached hydrogen (secondary N) is 1. The fourth-order valence-electron chi connectivity index (χ4n) is 1.66. The second-order valence-electron chi connectivity index (χ2n) is 3.88. The van der Waals surface area contributed by atoms with Crippen molar-refractivity contribution in [3.05, 3.63) is 29.0 Å². The van der Waals surface area contributed by atoms with E-state index < -0.39 is 0 Å². The normalized spacial score (nSPS) is 11.0. The molecular weight excluding hydrogens is 266 g/mol. The Morgan fingerprint density at radius 3 is 2.81 bits per heavy atom. The Kier molecular flexibility index (Phi) is 5.77. The summed E-state index contributed by atoms with van der Waals surface area (Å²) < 4.78 is 3.03. The van der Waals surface area contributed by atoms with E-state index in [9.17, 15) is 0 Å². The number of nitrogens with zero attached hydrogens (tertiary/aromatic N) is 2. The van der Waals surface area contributed by atoms with Gasteiger partial charge < -0.3 is 5.32 Å². The van der Waals surface area contributed by atoms with Crippen molar-refractivity contribution in [1.29, 1.82) is 0 Å². The van der Waals surface area contributed by atoms with Gasteiger partial charge in [0.05, 0.1) is 11.7 Å². The Hall–Kier alpha value is -0.610. The zero-order valence-electron chi connectivity index (χ0n) is 10.0. The molecule has 0 aromatic carbocycles. The van der Waals surface area contributed by atoms with Crippen LogP contribution >= 0.6 is 15.9 Å². The van der Waals surface area contributed by atoms with Crippen LogP contribution < -0.4 is 5.32 Å². The first-order valence-electron chi connectivity index (χ1n) is 5.75. The molecule has 1 N–H and O–H groups in total. The van der Waals surface area contributed by atoms with Gasteiger partial charge in [-0.15, -0.1) is 0 Å². The topological polar surface area (TPSA) is 29.9 Å². The van der Waals surface area contributed by atoms with Crippen molar-refractivity contribution in [1.82, 2.24) is 15.1 Å². The molecule has 0 atom stereocenters. The highest BCUT2D eigenvalue weighted by molar-refractivity contribution is 9.11. The van der Waals surface area contributed by atoms with E-state index in [0.29, 0.717) is 6.04 Å². The van der Waals surface area contributed by atoms with Gasteiger partial charge in [-0.1, -0.05) is 36.4 Å². The number of aromatic nitrogens is 2. The molecule has 0 aliphatic heterocycles. The third-order valence-electron chi connectivity index (χ3n) is 2.60. The molecule has 3 nitrogen and oxygen atoms in total.